The molecule has 0 saturated carbocycles. The van der Waals surface area contributed by atoms with Crippen LogP contribution >= 0.6 is 35.3 Å². The first-order valence-corrected chi connectivity index (χ1v) is 8.97. The molecule has 8 heteroatoms. The van der Waals surface area contributed by atoms with Crippen molar-refractivity contribution in [1.82, 2.24) is 10.0 Å². The molecule has 1 aromatic rings. The molecule has 20 heavy (non-hydrogen) atoms. The molecule has 2 rings (SSSR count). The second-order valence-electron chi connectivity index (χ2n) is 5.44. The molecule has 0 bridgehead atoms. The Balaban J connectivity index is 0.00000200. The first-order valence-electron chi connectivity index (χ1n) is 6.29. The van der Waals surface area contributed by atoms with Gasteiger partial charge in [0.2, 0.25) is 10.0 Å². The van der Waals surface area contributed by atoms with E-state index in [2.05, 4.69) is 17.0 Å². The molecule has 0 amide bonds. The predicted octanol–water partition coefficient (Wildman–Crippen LogP) is 2.80. The maximum atomic E-state index is 12.2. The summed E-state index contributed by atoms with van der Waals surface area (Å²) >= 11 is 7.03. The summed E-state index contributed by atoms with van der Waals surface area (Å²) in [6.07, 6.45) is 2.12. The Morgan fingerprint density at radius 2 is 2.25 bits per heavy atom. The molecule has 1 unspecified atom stereocenters. The van der Waals surface area contributed by atoms with Crippen LogP contribution < -0.4 is 10.0 Å². The average molecular weight is 359 g/mol. The van der Waals surface area contributed by atoms with Gasteiger partial charge in [0.15, 0.2) is 0 Å². The van der Waals surface area contributed by atoms with Gasteiger partial charge in [0.25, 0.3) is 0 Å². The van der Waals surface area contributed by atoms with Crippen LogP contribution in [0.15, 0.2) is 10.3 Å². The molecule has 1 atom stereocenters. The maximum absolute atomic E-state index is 12.2. The number of nitrogens with one attached hydrogen (secondary N) is 2. The third-order valence-electron chi connectivity index (χ3n) is 3.47. The van der Waals surface area contributed by atoms with Gasteiger partial charge < -0.3 is 5.32 Å². The summed E-state index contributed by atoms with van der Waals surface area (Å²) in [5, 5.41) is 3.31. The lowest BCUT2D eigenvalue weighted by molar-refractivity contribution is 0.238. The van der Waals surface area contributed by atoms with Crippen molar-refractivity contribution in [3.8, 4) is 0 Å². The lowest BCUT2D eigenvalue weighted by atomic mass is 9.83. The van der Waals surface area contributed by atoms with Gasteiger partial charge in [-0.2, -0.15) is 0 Å². The fourth-order valence-corrected chi connectivity index (χ4v) is 5.13. The summed E-state index contributed by atoms with van der Waals surface area (Å²) in [6.45, 7) is 6.23. The van der Waals surface area contributed by atoms with E-state index in [9.17, 15) is 8.42 Å². The van der Waals surface area contributed by atoms with Crippen LogP contribution in [0.2, 0.25) is 4.34 Å². The number of thiophene rings is 1. The molecule has 1 aromatic heterocycles. The van der Waals surface area contributed by atoms with Crippen molar-refractivity contribution in [2.75, 3.05) is 19.6 Å². The predicted molar refractivity (Wildman–Crippen MR) is 86.7 cm³/mol. The number of rotatable bonds is 4. The molecule has 2 N–H and O–H groups in total. The maximum Gasteiger partial charge on any atom is 0.250 e. The van der Waals surface area contributed by atoms with Crippen LogP contribution in [-0.4, -0.2) is 28.1 Å². The third-order valence-corrected chi connectivity index (χ3v) is 6.90. The number of piperidine rings is 1. The lowest BCUT2D eigenvalue weighted by Gasteiger charge is -2.34. The largest absolute Gasteiger partial charge is 0.316 e. The molecule has 0 radical (unpaired) electrons. The highest BCUT2D eigenvalue weighted by Gasteiger charge is 2.29. The molecule has 116 valence electrons. The summed E-state index contributed by atoms with van der Waals surface area (Å²) in [5.41, 5.74) is 0.791. The fourth-order valence-electron chi connectivity index (χ4n) is 2.17. The molecular weight excluding hydrogens is 339 g/mol. The summed E-state index contributed by atoms with van der Waals surface area (Å²) < 4.78 is 27.9. The van der Waals surface area contributed by atoms with Crippen LogP contribution in [-0.2, 0) is 10.0 Å². The highest BCUT2D eigenvalue weighted by molar-refractivity contribution is 7.91. The molecule has 1 aliphatic heterocycles. The molecule has 0 aromatic carbocycles. The first kappa shape index (κ1) is 18.2. The van der Waals surface area contributed by atoms with Crippen molar-refractivity contribution in [1.29, 1.82) is 0 Å². The van der Waals surface area contributed by atoms with E-state index in [-0.39, 0.29) is 17.8 Å². The van der Waals surface area contributed by atoms with Gasteiger partial charge >= 0.3 is 0 Å². The minimum absolute atomic E-state index is 0. The Hall–Kier alpha value is 0.150. The third kappa shape index (κ3) is 4.32. The minimum atomic E-state index is -3.44. The van der Waals surface area contributed by atoms with Crippen molar-refractivity contribution in [3.63, 3.8) is 0 Å². The lowest BCUT2D eigenvalue weighted by Crippen LogP contribution is -2.45. The normalized spacial score (nSPS) is 23.4. The monoisotopic (exact) mass is 358 g/mol. The summed E-state index contributed by atoms with van der Waals surface area (Å²) in [5.74, 6) is 0. The van der Waals surface area contributed by atoms with Gasteiger partial charge in [0.1, 0.15) is 4.21 Å². The molecule has 1 aliphatic rings. The van der Waals surface area contributed by atoms with Crippen molar-refractivity contribution in [3.05, 3.63) is 16.0 Å². The van der Waals surface area contributed by atoms with Crippen LogP contribution in [0.1, 0.15) is 25.3 Å². The number of hydrogen-bond acceptors (Lipinski definition) is 4. The second kappa shape index (κ2) is 6.94. The van der Waals surface area contributed by atoms with E-state index in [1.54, 1.807) is 6.07 Å². The zero-order chi connectivity index (χ0) is 14.1. The van der Waals surface area contributed by atoms with Crippen molar-refractivity contribution in [2.24, 2.45) is 5.41 Å². The van der Waals surface area contributed by atoms with Gasteiger partial charge in [0, 0.05) is 13.1 Å². The first-order chi connectivity index (χ1) is 8.82. The Morgan fingerprint density at radius 3 is 2.75 bits per heavy atom. The molecule has 0 spiro atoms. The van der Waals surface area contributed by atoms with E-state index in [0.29, 0.717) is 15.1 Å². The molecule has 1 saturated heterocycles. The summed E-state index contributed by atoms with van der Waals surface area (Å²) in [7, 11) is -3.44. The van der Waals surface area contributed by atoms with Crippen molar-refractivity contribution >= 4 is 45.4 Å². The Bertz CT molecular complexity index is 532. The van der Waals surface area contributed by atoms with Crippen LogP contribution in [0.25, 0.3) is 0 Å². The topological polar surface area (TPSA) is 58.2 Å². The highest BCUT2D eigenvalue weighted by Crippen LogP contribution is 2.31. The smallest absolute Gasteiger partial charge is 0.250 e. The van der Waals surface area contributed by atoms with Crippen molar-refractivity contribution in [2.45, 2.75) is 30.9 Å². The van der Waals surface area contributed by atoms with E-state index in [1.807, 2.05) is 6.92 Å². The van der Waals surface area contributed by atoms with E-state index in [0.717, 1.165) is 42.8 Å². The number of aryl methyl sites for hydroxylation is 1. The van der Waals surface area contributed by atoms with Crippen molar-refractivity contribution < 1.29 is 8.42 Å². The number of halogens is 2. The Morgan fingerprint density at radius 1 is 1.55 bits per heavy atom. The molecule has 4 nitrogen and oxygen atoms in total. The van der Waals surface area contributed by atoms with E-state index >= 15 is 0 Å². The van der Waals surface area contributed by atoms with Gasteiger partial charge in [0.05, 0.1) is 4.34 Å². The average Bonchev–Trinajstić information content (AvgIpc) is 2.69. The van der Waals surface area contributed by atoms with Gasteiger partial charge in [-0.05, 0) is 43.4 Å². The van der Waals surface area contributed by atoms with Gasteiger partial charge in [-0.1, -0.05) is 18.5 Å². The SMILES string of the molecule is Cc1cc(S(=O)(=O)NCC2(C)CCCNC2)sc1Cl.Cl. The van der Waals surface area contributed by atoms with Crippen LogP contribution in [0, 0.1) is 12.3 Å². The summed E-state index contributed by atoms with van der Waals surface area (Å²) in [4.78, 5) is 0. The van der Waals surface area contributed by atoms with E-state index in [1.165, 1.54) is 0 Å². The zero-order valence-corrected chi connectivity index (χ0v) is 14.7. The van der Waals surface area contributed by atoms with E-state index in [4.69, 9.17) is 11.6 Å². The van der Waals surface area contributed by atoms with Gasteiger partial charge in [-0.3, -0.25) is 0 Å². The molecular formula is C12H20Cl2N2O2S2. The van der Waals surface area contributed by atoms with Crippen LogP contribution in [0.3, 0.4) is 0 Å². The Kier molecular flexibility index (Phi) is 6.32. The quantitative estimate of drug-likeness (QED) is 0.869. The number of sulfonamides is 1. The molecule has 1 fully saturated rings. The summed E-state index contributed by atoms with van der Waals surface area (Å²) in [6, 6.07) is 1.62. The van der Waals surface area contributed by atoms with Crippen LogP contribution in [0.5, 0.6) is 0 Å². The highest BCUT2D eigenvalue weighted by atomic mass is 35.5. The fraction of sp³-hybridized carbons (Fsp3) is 0.667. The number of hydrogen-bond donors (Lipinski definition) is 2. The van der Waals surface area contributed by atoms with Gasteiger partial charge in [-0.15, -0.1) is 23.7 Å². The second-order valence-corrected chi connectivity index (χ2v) is 9.09. The minimum Gasteiger partial charge on any atom is -0.316 e. The van der Waals surface area contributed by atoms with E-state index < -0.39 is 10.0 Å². The van der Waals surface area contributed by atoms with Crippen LogP contribution in [0.4, 0.5) is 0 Å². The zero-order valence-electron chi connectivity index (χ0n) is 11.5. The Labute approximate surface area is 135 Å². The van der Waals surface area contributed by atoms with Gasteiger partial charge in [-0.25, -0.2) is 13.1 Å². The molecule has 0 aliphatic carbocycles. The molecule has 2 heterocycles. The standard InChI is InChI=1S/C12H19ClN2O2S2.ClH/c1-9-6-10(18-11(9)13)19(16,17)15-8-12(2)4-3-5-14-7-12;/h6,14-15H,3-5,7-8H2,1-2H3;1H.